The molecule has 8 heteroatoms. The minimum absolute atomic E-state index is 0.00447. The van der Waals surface area contributed by atoms with Crippen molar-refractivity contribution in [3.05, 3.63) is 0 Å². The van der Waals surface area contributed by atoms with Gasteiger partial charge in [0.1, 0.15) is 13.2 Å². The van der Waals surface area contributed by atoms with Gasteiger partial charge in [0.15, 0.2) is 0 Å². The monoisotopic (exact) mass is 372 g/mol. The molecule has 148 valence electrons. The Morgan fingerprint density at radius 2 is 1.15 bits per heavy atom. The number of cyclic esters (lactones) is 2. The van der Waals surface area contributed by atoms with Crippen LogP contribution in [0.15, 0.2) is 0 Å². The third kappa shape index (κ3) is 4.54. The summed E-state index contributed by atoms with van der Waals surface area (Å²) in [5, 5.41) is 0. The molecule has 0 aliphatic carbocycles. The maximum absolute atomic E-state index is 12.1. The van der Waals surface area contributed by atoms with Crippen molar-refractivity contribution >= 4 is 11.9 Å². The Labute approximate surface area is 153 Å². The van der Waals surface area contributed by atoms with Gasteiger partial charge in [0.25, 0.3) is 0 Å². The van der Waals surface area contributed by atoms with E-state index in [1.807, 2.05) is 13.8 Å². The van der Waals surface area contributed by atoms with E-state index in [0.717, 1.165) is 0 Å². The summed E-state index contributed by atoms with van der Waals surface area (Å²) in [6.45, 7) is 4.23. The van der Waals surface area contributed by atoms with Crippen LogP contribution in [0.25, 0.3) is 0 Å². The van der Waals surface area contributed by atoms with Gasteiger partial charge in [-0.3, -0.25) is 9.59 Å². The van der Waals surface area contributed by atoms with E-state index < -0.39 is 0 Å². The molecule has 0 amide bonds. The molecule has 0 aromatic carbocycles. The normalized spacial score (nSPS) is 44.3. The molecule has 3 saturated heterocycles. The largest absolute Gasteiger partial charge is 0.463 e. The lowest BCUT2D eigenvalue weighted by Crippen LogP contribution is -2.34. The van der Waals surface area contributed by atoms with Crippen molar-refractivity contribution in [2.45, 2.75) is 63.3 Å². The second-order valence-electron chi connectivity index (χ2n) is 7.32. The van der Waals surface area contributed by atoms with Crippen LogP contribution < -0.4 is 0 Å². The van der Waals surface area contributed by atoms with E-state index in [9.17, 15) is 9.59 Å². The summed E-state index contributed by atoms with van der Waals surface area (Å²) < 4.78 is 32.8. The van der Waals surface area contributed by atoms with Crippen LogP contribution in [0.2, 0.25) is 0 Å². The molecule has 3 fully saturated rings. The highest BCUT2D eigenvalue weighted by molar-refractivity contribution is 5.71. The van der Waals surface area contributed by atoms with E-state index in [4.69, 9.17) is 28.4 Å². The zero-order valence-corrected chi connectivity index (χ0v) is 15.7. The summed E-state index contributed by atoms with van der Waals surface area (Å²) in [6, 6.07) is 0. The average molecular weight is 372 g/mol. The summed E-state index contributed by atoms with van der Waals surface area (Å²) in [5.41, 5.74) is 0. The molecule has 0 unspecified atom stereocenters. The molecular weight excluding hydrogens is 344 g/mol. The Morgan fingerprint density at radius 3 is 1.50 bits per heavy atom. The van der Waals surface area contributed by atoms with Gasteiger partial charge in [0, 0.05) is 26.1 Å². The fourth-order valence-electron chi connectivity index (χ4n) is 3.66. The van der Waals surface area contributed by atoms with Crippen LogP contribution in [-0.2, 0) is 38.0 Å². The number of carbonyl (C=O) groups excluding carboxylic acids is 2. The minimum Gasteiger partial charge on any atom is -0.463 e. The Bertz CT molecular complexity index is 477. The number of rotatable bonds is 2. The molecule has 0 aromatic rings. The first-order valence-corrected chi connectivity index (χ1v) is 9.12. The van der Waals surface area contributed by atoms with Gasteiger partial charge in [-0.1, -0.05) is 13.8 Å². The standard InChI is InChI=1S/C18H28O8/c1-9-13(21-3)7-23-16(20)6-12-18(26-12)10(2)14(22-4)8-24-15(19)5-11-17(9)25-11/h9-14,17-18H,5-8H2,1-4H3/t9-,10-,11+,12+,13+,14+,17+,18+/m0/s1. The molecule has 0 bridgehead atoms. The number of epoxide rings is 2. The second-order valence-corrected chi connectivity index (χ2v) is 7.32. The van der Waals surface area contributed by atoms with Gasteiger partial charge in [-0.25, -0.2) is 0 Å². The van der Waals surface area contributed by atoms with Gasteiger partial charge in [-0.2, -0.15) is 0 Å². The summed E-state index contributed by atoms with van der Waals surface area (Å²) in [4.78, 5) is 24.2. The van der Waals surface area contributed by atoms with Crippen LogP contribution in [0.4, 0.5) is 0 Å². The van der Waals surface area contributed by atoms with E-state index in [1.54, 1.807) is 14.2 Å². The number of hydrogen-bond donors (Lipinski definition) is 0. The van der Waals surface area contributed by atoms with Crippen molar-refractivity contribution in [2.24, 2.45) is 11.8 Å². The Balaban J connectivity index is 1.65. The van der Waals surface area contributed by atoms with Crippen molar-refractivity contribution in [1.82, 2.24) is 0 Å². The predicted molar refractivity (Wildman–Crippen MR) is 88.4 cm³/mol. The first-order valence-electron chi connectivity index (χ1n) is 9.12. The maximum Gasteiger partial charge on any atom is 0.308 e. The quantitative estimate of drug-likeness (QED) is 0.516. The lowest BCUT2D eigenvalue weighted by Gasteiger charge is -2.22. The summed E-state index contributed by atoms with van der Waals surface area (Å²) in [5.74, 6) is -0.621. The lowest BCUT2D eigenvalue weighted by atomic mass is 9.97. The highest BCUT2D eigenvalue weighted by Crippen LogP contribution is 2.37. The highest BCUT2D eigenvalue weighted by Gasteiger charge is 2.49. The van der Waals surface area contributed by atoms with Crippen molar-refractivity contribution in [3.8, 4) is 0 Å². The molecule has 3 aliphatic heterocycles. The zero-order chi connectivity index (χ0) is 18.8. The summed E-state index contributed by atoms with van der Waals surface area (Å²) in [7, 11) is 3.15. The number of hydrogen-bond acceptors (Lipinski definition) is 8. The molecule has 3 heterocycles. The fraction of sp³-hybridized carbons (Fsp3) is 0.889. The molecule has 0 aromatic heterocycles. The number of ether oxygens (including phenoxy) is 6. The second kappa shape index (κ2) is 8.21. The van der Waals surface area contributed by atoms with Crippen LogP contribution in [0.5, 0.6) is 0 Å². The van der Waals surface area contributed by atoms with Gasteiger partial charge in [-0.15, -0.1) is 0 Å². The molecule has 0 N–H and O–H groups in total. The number of carbonyl (C=O) groups is 2. The van der Waals surface area contributed by atoms with Crippen LogP contribution in [-0.4, -0.2) is 76.0 Å². The van der Waals surface area contributed by atoms with Gasteiger partial charge >= 0.3 is 11.9 Å². The van der Waals surface area contributed by atoms with Gasteiger partial charge in [-0.05, 0) is 0 Å². The molecule has 0 spiro atoms. The van der Waals surface area contributed by atoms with E-state index in [2.05, 4.69) is 0 Å². The molecule has 8 nitrogen and oxygen atoms in total. The highest BCUT2D eigenvalue weighted by atomic mass is 16.6. The number of esters is 2. The lowest BCUT2D eigenvalue weighted by molar-refractivity contribution is -0.149. The smallest absolute Gasteiger partial charge is 0.308 e. The topological polar surface area (TPSA) is 96.1 Å². The zero-order valence-electron chi connectivity index (χ0n) is 15.7. The van der Waals surface area contributed by atoms with Gasteiger partial charge in [0.05, 0.1) is 49.5 Å². The van der Waals surface area contributed by atoms with Crippen molar-refractivity contribution in [3.63, 3.8) is 0 Å². The average Bonchev–Trinajstić information content (AvgIpc) is 3.51. The Hall–Kier alpha value is -1.22. The van der Waals surface area contributed by atoms with Crippen LogP contribution in [0.3, 0.4) is 0 Å². The van der Waals surface area contributed by atoms with E-state index >= 15 is 0 Å². The molecule has 26 heavy (non-hydrogen) atoms. The van der Waals surface area contributed by atoms with E-state index in [-0.39, 0.29) is 86.5 Å². The van der Waals surface area contributed by atoms with Crippen LogP contribution in [0, 0.1) is 11.8 Å². The van der Waals surface area contributed by atoms with E-state index in [0.29, 0.717) is 0 Å². The summed E-state index contributed by atoms with van der Waals surface area (Å²) >= 11 is 0. The fourth-order valence-corrected chi connectivity index (χ4v) is 3.66. The predicted octanol–water partition coefficient (Wildman–Crippen LogP) is 0.704. The van der Waals surface area contributed by atoms with Gasteiger partial charge < -0.3 is 28.4 Å². The third-order valence-electron chi connectivity index (χ3n) is 5.61. The van der Waals surface area contributed by atoms with Gasteiger partial charge in [0.2, 0.25) is 0 Å². The molecule has 0 radical (unpaired) electrons. The maximum atomic E-state index is 12.1. The van der Waals surface area contributed by atoms with Crippen LogP contribution >= 0.6 is 0 Å². The van der Waals surface area contributed by atoms with E-state index in [1.165, 1.54) is 0 Å². The first kappa shape index (κ1) is 19.5. The van der Waals surface area contributed by atoms with Crippen molar-refractivity contribution in [2.75, 3.05) is 27.4 Å². The summed E-state index contributed by atoms with van der Waals surface area (Å²) in [6.07, 6.45) is -0.769. The van der Waals surface area contributed by atoms with Crippen molar-refractivity contribution < 1.29 is 38.0 Å². The number of methoxy groups -OCH3 is 2. The molecular formula is C18H28O8. The Kier molecular flexibility index (Phi) is 6.17. The first-order chi connectivity index (χ1) is 12.4. The number of fused-ring (bicyclic) bond motifs is 2. The molecule has 3 rings (SSSR count). The van der Waals surface area contributed by atoms with Crippen LogP contribution in [0.1, 0.15) is 26.7 Å². The molecule has 0 saturated carbocycles. The SMILES string of the molecule is CO[C@@H]1COC(=O)C[C@H]2O[C@@H]2[C@@H](C)[C@H](OC)COC(=O)C[C@H]2O[C@@H]2[C@H]1C. The van der Waals surface area contributed by atoms with Crippen molar-refractivity contribution in [1.29, 1.82) is 0 Å². The Morgan fingerprint density at radius 1 is 0.769 bits per heavy atom. The molecule has 8 atom stereocenters. The third-order valence-corrected chi connectivity index (χ3v) is 5.61. The minimum atomic E-state index is -0.306. The molecule has 3 aliphatic rings.